The fourth-order valence-corrected chi connectivity index (χ4v) is 1.87. The van der Waals surface area contributed by atoms with Gasteiger partial charge in [-0.15, -0.1) is 0 Å². The lowest BCUT2D eigenvalue weighted by Gasteiger charge is -2.10. The van der Waals surface area contributed by atoms with Crippen LogP contribution in [0.15, 0.2) is 46.9 Å². The Morgan fingerprint density at radius 2 is 1.89 bits per heavy atom. The van der Waals surface area contributed by atoms with Crippen molar-refractivity contribution in [2.45, 2.75) is 6.61 Å². The van der Waals surface area contributed by atoms with Crippen LogP contribution in [0.3, 0.4) is 0 Å². The Balaban J connectivity index is 2.13. The van der Waals surface area contributed by atoms with Crippen LogP contribution in [0.1, 0.15) is 15.9 Å². The molecule has 0 amide bonds. The SMILES string of the molecule is COc1ccc(C=O)c(OCc2ccc(Br)cc2)c1. The van der Waals surface area contributed by atoms with Crippen LogP contribution in [0, 0.1) is 0 Å². The summed E-state index contributed by atoms with van der Waals surface area (Å²) in [5, 5.41) is 0. The third-order valence-corrected chi connectivity index (χ3v) is 3.18. The second kappa shape index (κ2) is 6.38. The average Bonchev–Trinajstić information content (AvgIpc) is 2.46. The van der Waals surface area contributed by atoms with Crippen LogP contribution in [-0.2, 0) is 6.61 Å². The van der Waals surface area contributed by atoms with E-state index in [2.05, 4.69) is 15.9 Å². The number of ether oxygens (including phenoxy) is 2. The van der Waals surface area contributed by atoms with Gasteiger partial charge in [-0.1, -0.05) is 28.1 Å². The fourth-order valence-electron chi connectivity index (χ4n) is 1.61. The van der Waals surface area contributed by atoms with Crippen molar-refractivity contribution >= 4 is 22.2 Å². The standard InChI is InChI=1S/C15H13BrO3/c1-18-14-7-4-12(9-17)15(8-14)19-10-11-2-5-13(16)6-3-11/h2-9H,10H2,1H3. The molecule has 19 heavy (non-hydrogen) atoms. The van der Waals surface area contributed by atoms with E-state index >= 15 is 0 Å². The van der Waals surface area contributed by atoms with Gasteiger partial charge in [-0.05, 0) is 29.8 Å². The number of rotatable bonds is 5. The molecule has 0 N–H and O–H groups in total. The molecule has 0 aliphatic heterocycles. The molecule has 0 spiro atoms. The summed E-state index contributed by atoms with van der Waals surface area (Å²) in [4.78, 5) is 11.0. The van der Waals surface area contributed by atoms with Crippen LogP contribution in [0.5, 0.6) is 11.5 Å². The predicted molar refractivity (Wildman–Crippen MR) is 76.9 cm³/mol. The molecule has 0 atom stereocenters. The number of benzene rings is 2. The predicted octanol–water partition coefficient (Wildman–Crippen LogP) is 3.85. The van der Waals surface area contributed by atoms with E-state index < -0.39 is 0 Å². The van der Waals surface area contributed by atoms with Gasteiger partial charge in [0, 0.05) is 10.5 Å². The lowest BCUT2D eigenvalue weighted by molar-refractivity contribution is 0.111. The summed E-state index contributed by atoms with van der Waals surface area (Å²) in [5.41, 5.74) is 1.54. The minimum Gasteiger partial charge on any atom is -0.497 e. The smallest absolute Gasteiger partial charge is 0.153 e. The fraction of sp³-hybridized carbons (Fsp3) is 0.133. The van der Waals surface area contributed by atoms with Crippen LogP contribution in [0.4, 0.5) is 0 Å². The van der Waals surface area contributed by atoms with Crippen LogP contribution < -0.4 is 9.47 Å². The molecule has 0 saturated heterocycles. The molecule has 98 valence electrons. The van der Waals surface area contributed by atoms with E-state index in [1.807, 2.05) is 24.3 Å². The molecule has 0 radical (unpaired) electrons. The number of hydrogen-bond acceptors (Lipinski definition) is 3. The second-order valence-corrected chi connectivity index (χ2v) is 4.85. The molecular weight excluding hydrogens is 308 g/mol. The number of methoxy groups -OCH3 is 1. The summed E-state index contributed by atoms with van der Waals surface area (Å²) < 4.78 is 11.8. The number of aldehydes is 1. The zero-order valence-electron chi connectivity index (χ0n) is 10.4. The zero-order chi connectivity index (χ0) is 13.7. The summed E-state index contributed by atoms with van der Waals surface area (Å²) in [6.07, 6.45) is 0.774. The quantitative estimate of drug-likeness (QED) is 0.785. The van der Waals surface area contributed by atoms with E-state index in [9.17, 15) is 4.79 Å². The highest BCUT2D eigenvalue weighted by molar-refractivity contribution is 9.10. The Kier molecular flexibility index (Phi) is 4.58. The first-order valence-corrected chi connectivity index (χ1v) is 6.52. The Hall–Kier alpha value is -1.81. The first kappa shape index (κ1) is 13.6. The second-order valence-electron chi connectivity index (χ2n) is 3.94. The summed E-state index contributed by atoms with van der Waals surface area (Å²) in [6.45, 7) is 0.404. The molecule has 4 heteroatoms. The van der Waals surface area contributed by atoms with Crippen molar-refractivity contribution in [2.24, 2.45) is 0 Å². The summed E-state index contributed by atoms with van der Waals surface area (Å²) in [6, 6.07) is 13.0. The zero-order valence-corrected chi connectivity index (χ0v) is 12.0. The van der Waals surface area contributed by atoms with E-state index in [1.54, 1.807) is 25.3 Å². The molecule has 0 bridgehead atoms. The first-order valence-electron chi connectivity index (χ1n) is 5.73. The Morgan fingerprint density at radius 3 is 2.53 bits per heavy atom. The highest BCUT2D eigenvalue weighted by Gasteiger charge is 2.05. The minimum atomic E-state index is 0.404. The molecule has 2 aromatic rings. The van der Waals surface area contributed by atoms with Crippen molar-refractivity contribution < 1.29 is 14.3 Å². The summed E-state index contributed by atoms with van der Waals surface area (Å²) in [5.74, 6) is 1.19. The van der Waals surface area contributed by atoms with Crippen molar-refractivity contribution in [3.8, 4) is 11.5 Å². The third kappa shape index (κ3) is 3.58. The van der Waals surface area contributed by atoms with Gasteiger partial charge in [0.25, 0.3) is 0 Å². The van der Waals surface area contributed by atoms with Gasteiger partial charge in [-0.25, -0.2) is 0 Å². The van der Waals surface area contributed by atoms with E-state index in [1.165, 1.54) is 0 Å². The number of halogens is 1. The maximum absolute atomic E-state index is 11.0. The van der Waals surface area contributed by atoms with Gasteiger partial charge in [-0.2, -0.15) is 0 Å². The van der Waals surface area contributed by atoms with Gasteiger partial charge in [0.2, 0.25) is 0 Å². The monoisotopic (exact) mass is 320 g/mol. The molecule has 0 aliphatic carbocycles. The Bertz CT molecular complexity index is 564. The normalized spacial score (nSPS) is 10.0. The molecule has 0 saturated carbocycles. The molecule has 0 fully saturated rings. The Morgan fingerprint density at radius 1 is 1.16 bits per heavy atom. The van der Waals surface area contributed by atoms with Gasteiger partial charge in [0.15, 0.2) is 6.29 Å². The van der Waals surface area contributed by atoms with Crippen molar-refractivity contribution in [3.05, 3.63) is 58.1 Å². The molecule has 3 nitrogen and oxygen atoms in total. The maximum atomic E-state index is 11.0. The molecule has 0 unspecified atom stereocenters. The third-order valence-electron chi connectivity index (χ3n) is 2.66. The van der Waals surface area contributed by atoms with Crippen molar-refractivity contribution in [2.75, 3.05) is 7.11 Å². The maximum Gasteiger partial charge on any atom is 0.153 e. The van der Waals surface area contributed by atoms with Crippen molar-refractivity contribution in [1.29, 1.82) is 0 Å². The molecular formula is C15H13BrO3. The summed E-state index contributed by atoms with van der Waals surface area (Å²) in [7, 11) is 1.58. The molecule has 2 aromatic carbocycles. The lowest BCUT2D eigenvalue weighted by atomic mass is 10.2. The Labute approximate surface area is 120 Å². The highest BCUT2D eigenvalue weighted by atomic mass is 79.9. The summed E-state index contributed by atoms with van der Waals surface area (Å²) >= 11 is 3.38. The highest BCUT2D eigenvalue weighted by Crippen LogP contribution is 2.24. The molecule has 0 aromatic heterocycles. The van der Waals surface area contributed by atoms with Crippen LogP contribution >= 0.6 is 15.9 Å². The van der Waals surface area contributed by atoms with Gasteiger partial charge >= 0.3 is 0 Å². The number of carbonyl (C=O) groups is 1. The van der Waals surface area contributed by atoms with E-state index in [4.69, 9.17) is 9.47 Å². The van der Waals surface area contributed by atoms with E-state index in [-0.39, 0.29) is 0 Å². The topological polar surface area (TPSA) is 35.5 Å². The van der Waals surface area contributed by atoms with E-state index in [0.717, 1.165) is 16.3 Å². The largest absolute Gasteiger partial charge is 0.497 e. The van der Waals surface area contributed by atoms with Gasteiger partial charge in [0.05, 0.1) is 12.7 Å². The minimum absolute atomic E-state index is 0.404. The van der Waals surface area contributed by atoms with Gasteiger partial charge < -0.3 is 9.47 Å². The molecule has 0 aliphatic rings. The lowest BCUT2D eigenvalue weighted by Crippen LogP contribution is -1.98. The number of carbonyl (C=O) groups excluding carboxylic acids is 1. The van der Waals surface area contributed by atoms with Crippen LogP contribution in [0.2, 0.25) is 0 Å². The van der Waals surface area contributed by atoms with Gasteiger partial charge in [-0.3, -0.25) is 4.79 Å². The molecule has 0 heterocycles. The van der Waals surface area contributed by atoms with E-state index in [0.29, 0.717) is 23.7 Å². The molecule has 2 rings (SSSR count). The number of hydrogen-bond donors (Lipinski definition) is 0. The first-order chi connectivity index (χ1) is 9.22. The van der Waals surface area contributed by atoms with Crippen molar-refractivity contribution in [3.63, 3.8) is 0 Å². The van der Waals surface area contributed by atoms with Gasteiger partial charge in [0.1, 0.15) is 18.1 Å². The van der Waals surface area contributed by atoms with Crippen molar-refractivity contribution in [1.82, 2.24) is 0 Å². The van der Waals surface area contributed by atoms with Crippen LogP contribution in [-0.4, -0.2) is 13.4 Å². The van der Waals surface area contributed by atoms with Crippen LogP contribution in [0.25, 0.3) is 0 Å². The average molecular weight is 321 g/mol.